The van der Waals surface area contributed by atoms with Crippen LogP contribution in [0.4, 0.5) is 11.4 Å². The zero-order chi connectivity index (χ0) is 17.8. The maximum Gasteiger partial charge on any atom is 0.324 e. The highest BCUT2D eigenvalue weighted by Crippen LogP contribution is 2.35. The number of benzene rings is 1. The Morgan fingerprint density at radius 2 is 1.83 bits per heavy atom. The number of ether oxygens (including phenoxy) is 1. The third-order valence-corrected chi connectivity index (χ3v) is 3.71. The van der Waals surface area contributed by atoms with Crippen LogP contribution in [-0.2, 0) is 19.7 Å². The van der Waals surface area contributed by atoms with E-state index in [0.717, 1.165) is 12.1 Å². The molecular weight excluding hydrogens is 308 g/mol. The molecular formula is C14H20N2O7. The van der Waals surface area contributed by atoms with Gasteiger partial charge in [0.15, 0.2) is 22.6 Å². The number of hydrogen-bond acceptors (Lipinski definition) is 7. The second kappa shape index (κ2) is 7.59. The van der Waals surface area contributed by atoms with Gasteiger partial charge in [0.1, 0.15) is 0 Å². The monoisotopic (exact) mass is 328 g/mol. The summed E-state index contributed by atoms with van der Waals surface area (Å²) in [5.41, 5.74) is -2.50. The summed E-state index contributed by atoms with van der Waals surface area (Å²) < 4.78 is 4.96. The topological polar surface area (TPSA) is 139 Å². The average molecular weight is 328 g/mol. The fraction of sp³-hybridized carbons (Fsp3) is 0.429. The molecule has 1 aromatic rings. The van der Waals surface area contributed by atoms with Gasteiger partial charge in [0.25, 0.3) is 0 Å². The lowest BCUT2D eigenvalue weighted by atomic mass is 9.74. The zero-order valence-electron chi connectivity index (χ0n) is 13.1. The van der Waals surface area contributed by atoms with Gasteiger partial charge in [0.05, 0.1) is 12.7 Å². The molecule has 0 radical (unpaired) electrons. The van der Waals surface area contributed by atoms with Crippen LogP contribution in [0.25, 0.3) is 0 Å². The van der Waals surface area contributed by atoms with E-state index in [-0.39, 0.29) is 24.3 Å². The van der Waals surface area contributed by atoms with Gasteiger partial charge in [-0.05, 0) is 26.3 Å². The molecule has 0 amide bonds. The van der Waals surface area contributed by atoms with Crippen molar-refractivity contribution < 1.29 is 35.2 Å². The average Bonchev–Trinajstić information content (AvgIpc) is 2.48. The Morgan fingerprint density at radius 1 is 1.22 bits per heavy atom. The van der Waals surface area contributed by atoms with Gasteiger partial charge in [-0.1, -0.05) is 6.92 Å². The summed E-state index contributed by atoms with van der Waals surface area (Å²) >= 11 is 0. The Kier molecular flexibility index (Phi) is 6.33. The second-order valence-corrected chi connectivity index (χ2v) is 4.91. The largest absolute Gasteiger partial charge is 0.595 e. The number of hydrogen-bond donors (Lipinski definition) is 4. The molecule has 0 saturated carbocycles. The Morgan fingerprint density at radius 3 is 2.22 bits per heavy atom. The highest BCUT2D eigenvalue weighted by molar-refractivity contribution is 6.09. The number of nitrogens with one attached hydrogen (secondary N) is 2. The molecule has 1 aromatic carbocycles. The fourth-order valence-electron chi connectivity index (χ4n) is 2.51. The summed E-state index contributed by atoms with van der Waals surface area (Å²) in [6, 6.07) is 3.29. The van der Waals surface area contributed by atoms with Crippen LogP contribution in [-0.4, -0.2) is 28.8 Å². The number of rotatable bonds is 7. The first-order valence-corrected chi connectivity index (χ1v) is 7.01. The molecule has 0 bridgehead atoms. The van der Waals surface area contributed by atoms with Gasteiger partial charge in [-0.25, -0.2) is 10.4 Å². The van der Waals surface area contributed by atoms with Gasteiger partial charge >= 0.3 is 5.97 Å². The van der Waals surface area contributed by atoms with Crippen molar-refractivity contribution in [2.45, 2.75) is 32.6 Å². The van der Waals surface area contributed by atoms with Crippen LogP contribution < -0.4 is 10.5 Å². The minimum Gasteiger partial charge on any atom is -0.595 e. The van der Waals surface area contributed by atoms with Gasteiger partial charge in [-0.3, -0.25) is 9.59 Å². The molecule has 0 aliphatic rings. The first-order valence-electron chi connectivity index (χ1n) is 7.01. The maximum atomic E-state index is 12.4. The Hall–Kier alpha value is -1.88. The molecule has 0 aliphatic carbocycles. The Balaban J connectivity index is 3.65. The normalized spacial score (nSPS) is 16.3. The van der Waals surface area contributed by atoms with Crippen LogP contribution in [0.3, 0.4) is 0 Å². The van der Waals surface area contributed by atoms with E-state index in [2.05, 4.69) is 0 Å². The molecule has 0 fully saturated rings. The number of carbonyl (C=O) groups is 2. The molecule has 128 valence electrons. The van der Waals surface area contributed by atoms with E-state index < -0.39 is 33.3 Å². The van der Waals surface area contributed by atoms with Crippen molar-refractivity contribution in [3.63, 3.8) is 0 Å². The molecule has 0 aromatic heterocycles. The predicted octanol–water partition coefficient (Wildman–Crippen LogP) is -0.707. The maximum absolute atomic E-state index is 12.4. The third-order valence-electron chi connectivity index (χ3n) is 3.71. The van der Waals surface area contributed by atoms with Crippen LogP contribution in [0.2, 0.25) is 0 Å². The third kappa shape index (κ3) is 3.55. The van der Waals surface area contributed by atoms with Crippen molar-refractivity contribution in [2.24, 2.45) is 0 Å². The van der Waals surface area contributed by atoms with E-state index in [1.165, 1.54) is 13.0 Å². The number of esters is 1. The van der Waals surface area contributed by atoms with Crippen LogP contribution in [0, 0.1) is 10.4 Å². The molecule has 0 spiro atoms. The Bertz CT molecular complexity index is 588. The molecule has 9 heteroatoms. The second-order valence-electron chi connectivity index (χ2n) is 4.91. The van der Waals surface area contributed by atoms with Crippen molar-refractivity contribution >= 4 is 23.1 Å². The van der Waals surface area contributed by atoms with Gasteiger partial charge in [0.2, 0.25) is 0 Å². The summed E-state index contributed by atoms with van der Waals surface area (Å²) in [7, 11) is 0. The SMILES string of the molecule is CCOC(=O)C(CC)(C(C)=O)c1ccc([NH+]([O-])O)cc1[NH+]([O-])O. The molecule has 0 saturated heterocycles. The zero-order valence-corrected chi connectivity index (χ0v) is 13.1. The molecule has 9 nitrogen and oxygen atoms in total. The lowest BCUT2D eigenvalue weighted by Crippen LogP contribution is -3.01. The van der Waals surface area contributed by atoms with Gasteiger partial charge < -0.3 is 15.2 Å². The lowest BCUT2D eigenvalue weighted by molar-refractivity contribution is -0.996. The number of quaternary nitrogens is 2. The van der Waals surface area contributed by atoms with E-state index in [1.54, 1.807) is 13.8 Å². The number of ketones is 1. The molecule has 3 atom stereocenters. The summed E-state index contributed by atoms with van der Waals surface area (Å²) in [4.78, 5) is 24.6. The van der Waals surface area contributed by atoms with E-state index in [4.69, 9.17) is 9.94 Å². The van der Waals surface area contributed by atoms with Crippen molar-refractivity contribution in [1.82, 2.24) is 0 Å². The van der Waals surface area contributed by atoms with Crippen LogP contribution in [0.5, 0.6) is 0 Å². The molecule has 1 rings (SSSR count). The van der Waals surface area contributed by atoms with Gasteiger partial charge in [0, 0.05) is 11.6 Å². The van der Waals surface area contributed by atoms with E-state index >= 15 is 0 Å². The molecule has 23 heavy (non-hydrogen) atoms. The first-order chi connectivity index (χ1) is 10.7. The summed E-state index contributed by atoms with van der Waals surface area (Å²) in [6.45, 7) is 4.35. The predicted molar refractivity (Wildman–Crippen MR) is 77.3 cm³/mol. The van der Waals surface area contributed by atoms with E-state index in [9.17, 15) is 25.2 Å². The first kappa shape index (κ1) is 19.2. The molecule has 4 N–H and O–H groups in total. The standard InChI is InChI=1S/C14H20N2O7/c1-4-14(9(3)17,13(18)23-5-2)11-7-6-10(15(19)20)8-12(11)16(21)22/h6-8,15-16,19,21H,4-5H2,1-3H3. The minimum atomic E-state index is -1.78. The van der Waals surface area contributed by atoms with Crippen LogP contribution >= 0.6 is 0 Å². The van der Waals surface area contributed by atoms with E-state index in [0.29, 0.717) is 0 Å². The summed E-state index contributed by atoms with van der Waals surface area (Å²) in [6.07, 6.45) is -0.00609. The number of Topliss-reactive ketones (excluding diaryl/α,β-unsaturated/α-hetero) is 1. The van der Waals surface area contributed by atoms with Gasteiger partial charge in [-0.2, -0.15) is 10.5 Å². The number of carbonyl (C=O) groups excluding carboxylic acids is 2. The molecule has 3 unspecified atom stereocenters. The fourth-order valence-corrected chi connectivity index (χ4v) is 2.51. The lowest BCUT2D eigenvalue weighted by Gasteiger charge is -2.30. The van der Waals surface area contributed by atoms with Gasteiger partial charge in [-0.15, -0.1) is 0 Å². The highest BCUT2D eigenvalue weighted by Gasteiger charge is 2.48. The Labute approximate surface area is 132 Å². The van der Waals surface area contributed by atoms with Crippen molar-refractivity contribution in [3.05, 3.63) is 34.2 Å². The van der Waals surface area contributed by atoms with Crippen molar-refractivity contribution in [2.75, 3.05) is 6.61 Å². The smallest absolute Gasteiger partial charge is 0.324 e. The molecule has 0 heterocycles. The van der Waals surface area contributed by atoms with Crippen LogP contribution in [0.15, 0.2) is 18.2 Å². The van der Waals surface area contributed by atoms with Crippen molar-refractivity contribution in [3.8, 4) is 0 Å². The van der Waals surface area contributed by atoms with E-state index in [1.807, 2.05) is 0 Å². The molecule has 0 aliphatic heterocycles. The van der Waals surface area contributed by atoms with Crippen molar-refractivity contribution in [1.29, 1.82) is 0 Å². The minimum absolute atomic E-state index is 0.00609. The summed E-state index contributed by atoms with van der Waals surface area (Å²) in [5.74, 6) is -1.41. The van der Waals surface area contributed by atoms with Crippen LogP contribution in [0.1, 0.15) is 32.8 Å². The summed E-state index contributed by atoms with van der Waals surface area (Å²) in [5, 5.41) is 38.2. The highest BCUT2D eigenvalue weighted by atomic mass is 16.8. The quantitative estimate of drug-likeness (QED) is 0.295.